The zero-order valence-electron chi connectivity index (χ0n) is 19.9. The van der Waals surface area contributed by atoms with Crippen molar-refractivity contribution in [1.82, 2.24) is 4.90 Å². The lowest BCUT2D eigenvalue weighted by Gasteiger charge is -2.32. The predicted octanol–water partition coefficient (Wildman–Crippen LogP) is 4.38. The smallest absolute Gasteiger partial charge is 0.264 e. The Kier molecular flexibility index (Phi) is 7.66. The number of carbonyl (C=O) groups is 2. The largest absolute Gasteiger partial charge is 0.369 e. The topological polar surface area (TPSA) is 101 Å². The molecule has 36 heavy (non-hydrogen) atoms. The maximum absolute atomic E-state index is 13.9. The number of halogens is 1. The predicted molar refractivity (Wildman–Crippen MR) is 140 cm³/mol. The fraction of sp³-hybridized carbons (Fsp3) is 0.259. The van der Waals surface area contributed by atoms with Crippen LogP contribution in [0.4, 0.5) is 5.69 Å². The molecule has 0 bridgehead atoms. The summed E-state index contributed by atoms with van der Waals surface area (Å²) < 4.78 is 29.1. The van der Waals surface area contributed by atoms with Crippen LogP contribution in [0.1, 0.15) is 34.3 Å². The van der Waals surface area contributed by atoms with Crippen molar-refractivity contribution in [2.45, 2.75) is 31.2 Å². The van der Waals surface area contributed by atoms with Gasteiger partial charge in [0.05, 0.1) is 22.7 Å². The van der Waals surface area contributed by atoms with Crippen LogP contribution in [0.15, 0.2) is 77.7 Å². The summed E-state index contributed by atoms with van der Waals surface area (Å²) in [6.07, 6.45) is 0.971. The van der Waals surface area contributed by atoms with Gasteiger partial charge in [-0.1, -0.05) is 53.6 Å². The highest BCUT2D eigenvalue weighted by atomic mass is 35.5. The van der Waals surface area contributed by atoms with Crippen LogP contribution in [0.3, 0.4) is 0 Å². The van der Waals surface area contributed by atoms with Crippen molar-refractivity contribution in [2.24, 2.45) is 11.7 Å². The highest BCUT2D eigenvalue weighted by molar-refractivity contribution is 7.92. The molecule has 0 unspecified atom stereocenters. The maximum atomic E-state index is 13.9. The third-order valence-corrected chi connectivity index (χ3v) is 8.46. The Morgan fingerprint density at radius 2 is 1.58 bits per heavy atom. The first kappa shape index (κ1) is 25.7. The summed E-state index contributed by atoms with van der Waals surface area (Å²) in [6, 6.07) is 20.3. The van der Waals surface area contributed by atoms with Gasteiger partial charge in [0.25, 0.3) is 15.9 Å². The zero-order chi connectivity index (χ0) is 25.9. The van der Waals surface area contributed by atoms with Crippen LogP contribution in [0.25, 0.3) is 0 Å². The van der Waals surface area contributed by atoms with Crippen molar-refractivity contribution in [2.75, 3.05) is 17.4 Å². The molecule has 2 N–H and O–H groups in total. The number of sulfonamides is 1. The molecule has 1 aliphatic heterocycles. The number of hydrogen-bond donors (Lipinski definition) is 1. The Morgan fingerprint density at radius 3 is 2.19 bits per heavy atom. The molecular weight excluding hydrogens is 498 g/mol. The van der Waals surface area contributed by atoms with Gasteiger partial charge in [0.15, 0.2) is 0 Å². The van der Waals surface area contributed by atoms with Gasteiger partial charge in [0.1, 0.15) is 0 Å². The monoisotopic (exact) mass is 525 g/mol. The zero-order valence-corrected chi connectivity index (χ0v) is 21.5. The number of amides is 2. The van der Waals surface area contributed by atoms with Crippen LogP contribution in [0, 0.1) is 12.8 Å². The minimum absolute atomic E-state index is 0.0153. The number of piperidine rings is 1. The third kappa shape index (κ3) is 5.55. The van der Waals surface area contributed by atoms with Gasteiger partial charge in [-0.15, -0.1) is 0 Å². The molecule has 9 heteroatoms. The number of para-hydroxylation sites is 1. The van der Waals surface area contributed by atoms with Gasteiger partial charge in [0, 0.05) is 24.0 Å². The van der Waals surface area contributed by atoms with Gasteiger partial charge in [-0.05, 0) is 61.7 Å². The highest BCUT2D eigenvalue weighted by Crippen LogP contribution is 2.31. The van der Waals surface area contributed by atoms with Crippen LogP contribution >= 0.6 is 11.6 Å². The molecule has 2 amide bonds. The van der Waals surface area contributed by atoms with Crippen molar-refractivity contribution in [3.8, 4) is 0 Å². The van der Waals surface area contributed by atoms with Gasteiger partial charge in [0.2, 0.25) is 5.91 Å². The Labute approximate surface area is 216 Å². The summed E-state index contributed by atoms with van der Waals surface area (Å²) in [5.74, 6) is -0.901. The summed E-state index contributed by atoms with van der Waals surface area (Å²) in [5.41, 5.74) is 7.66. The van der Waals surface area contributed by atoms with Crippen LogP contribution in [-0.2, 0) is 21.4 Å². The molecular formula is C27H28ClN3O4S. The fourth-order valence-corrected chi connectivity index (χ4v) is 5.90. The molecule has 1 fully saturated rings. The lowest BCUT2D eigenvalue weighted by atomic mass is 9.95. The van der Waals surface area contributed by atoms with E-state index in [-0.39, 0.29) is 40.4 Å². The number of anilines is 1. The highest BCUT2D eigenvalue weighted by Gasteiger charge is 2.32. The molecule has 0 atom stereocenters. The molecule has 3 aromatic carbocycles. The second kappa shape index (κ2) is 10.7. The first-order valence-electron chi connectivity index (χ1n) is 11.7. The molecule has 0 aliphatic carbocycles. The average molecular weight is 526 g/mol. The van der Waals surface area contributed by atoms with Crippen molar-refractivity contribution in [3.63, 3.8) is 0 Å². The molecule has 7 nitrogen and oxygen atoms in total. The molecule has 0 aromatic heterocycles. The van der Waals surface area contributed by atoms with E-state index >= 15 is 0 Å². The number of carbonyl (C=O) groups excluding carboxylic acids is 2. The van der Waals surface area contributed by atoms with E-state index in [2.05, 4.69) is 0 Å². The average Bonchev–Trinajstić information content (AvgIpc) is 2.88. The number of nitrogens with two attached hydrogens (primary N) is 1. The molecule has 1 saturated heterocycles. The molecule has 4 rings (SSSR count). The normalized spacial score (nSPS) is 14.4. The molecule has 3 aromatic rings. The van der Waals surface area contributed by atoms with Crippen molar-refractivity contribution < 1.29 is 18.0 Å². The second-order valence-electron chi connectivity index (χ2n) is 8.94. The van der Waals surface area contributed by atoms with Crippen LogP contribution in [-0.4, -0.2) is 38.2 Å². The molecule has 1 heterocycles. The Morgan fingerprint density at radius 1 is 0.972 bits per heavy atom. The Hall–Kier alpha value is -3.36. The standard InChI is InChI=1S/C27H28ClN3O4S/c1-19-6-12-23(13-7-19)36(34,35)31(18-20-8-10-22(28)11-9-20)25-5-3-2-4-24(25)27(33)30-16-14-21(15-17-30)26(29)32/h2-13,21H,14-18H2,1H3,(H2,29,32). The number of nitrogens with zero attached hydrogens (tertiary/aromatic N) is 2. The maximum Gasteiger partial charge on any atom is 0.264 e. The number of rotatable bonds is 7. The summed E-state index contributed by atoms with van der Waals surface area (Å²) in [6.45, 7) is 2.66. The number of benzene rings is 3. The van der Waals surface area contributed by atoms with E-state index in [1.54, 1.807) is 77.7 Å². The quantitative estimate of drug-likeness (QED) is 0.494. The Bertz CT molecular complexity index is 1350. The van der Waals surface area contributed by atoms with Crippen LogP contribution in [0.2, 0.25) is 5.02 Å². The lowest BCUT2D eigenvalue weighted by Crippen LogP contribution is -2.42. The summed E-state index contributed by atoms with van der Waals surface area (Å²) >= 11 is 6.04. The summed E-state index contributed by atoms with van der Waals surface area (Å²) in [5, 5.41) is 0.543. The minimum atomic E-state index is -4.02. The van der Waals surface area contributed by atoms with Gasteiger partial charge >= 0.3 is 0 Å². The third-order valence-electron chi connectivity index (χ3n) is 6.44. The number of aryl methyl sites for hydroxylation is 1. The molecule has 188 valence electrons. The van der Waals surface area contributed by atoms with E-state index in [1.165, 1.54) is 4.31 Å². The van der Waals surface area contributed by atoms with Crippen molar-refractivity contribution in [1.29, 1.82) is 0 Å². The van der Waals surface area contributed by atoms with E-state index in [1.807, 2.05) is 6.92 Å². The summed E-state index contributed by atoms with van der Waals surface area (Å²) in [4.78, 5) is 26.9. The van der Waals surface area contributed by atoms with E-state index in [4.69, 9.17) is 17.3 Å². The van der Waals surface area contributed by atoms with E-state index in [0.29, 0.717) is 31.0 Å². The molecule has 0 radical (unpaired) electrons. The van der Waals surface area contributed by atoms with E-state index in [0.717, 1.165) is 11.1 Å². The first-order chi connectivity index (χ1) is 17.2. The Balaban J connectivity index is 1.74. The van der Waals surface area contributed by atoms with Crippen molar-refractivity contribution in [3.05, 3.63) is 94.5 Å². The molecule has 0 saturated carbocycles. The van der Waals surface area contributed by atoms with Gasteiger partial charge in [-0.2, -0.15) is 0 Å². The number of primary amides is 1. The van der Waals surface area contributed by atoms with Crippen LogP contribution < -0.4 is 10.0 Å². The molecule has 0 spiro atoms. The number of hydrogen-bond acceptors (Lipinski definition) is 4. The second-order valence-corrected chi connectivity index (χ2v) is 11.2. The van der Waals surface area contributed by atoms with E-state index < -0.39 is 10.0 Å². The van der Waals surface area contributed by atoms with Gasteiger partial charge < -0.3 is 10.6 Å². The number of likely N-dealkylation sites (tertiary alicyclic amines) is 1. The summed E-state index contributed by atoms with van der Waals surface area (Å²) in [7, 11) is -4.02. The van der Waals surface area contributed by atoms with Crippen LogP contribution in [0.5, 0.6) is 0 Å². The van der Waals surface area contributed by atoms with E-state index in [9.17, 15) is 18.0 Å². The first-order valence-corrected chi connectivity index (χ1v) is 13.5. The minimum Gasteiger partial charge on any atom is -0.369 e. The SMILES string of the molecule is Cc1ccc(S(=O)(=O)N(Cc2ccc(Cl)cc2)c2ccccc2C(=O)N2CCC(C(N)=O)CC2)cc1. The van der Waals surface area contributed by atoms with Gasteiger partial charge in [-0.3, -0.25) is 13.9 Å². The van der Waals surface area contributed by atoms with Crippen molar-refractivity contribution >= 4 is 39.1 Å². The molecule has 1 aliphatic rings. The van der Waals surface area contributed by atoms with Gasteiger partial charge in [-0.25, -0.2) is 8.42 Å². The fourth-order valence-electron chi connectivity index (χ4n) is 4.30. The lowest BCUT2D eigenvalue weighted by molar-refractivity contribution is -0.123.